The van der Waals surface area contributed by atoms with E-state index in [1.54, 1.807) is 11.8 Å². The predicted molar refractivity (Wildman–Crippen MR) is 120 cm³/mol. The van der Waals surface area contributed by atoms with E-state index in [1.165, 1.54) is 76.0 Å². The van der Waals surface area contributed by atoms with Crippen LogP contribution in [0, 0.1) is 0 Å². The Morgan fingerprint density at radius 3 is 1.92 bits per heavy atom. The van der Waals surface area contributed by atoms with Crippen LogP contribution in [-0.2, 0) is 9.53 Å². The van der Waals surface area contributed by atoms with Gasteiger partial charge in [0, 0.05) is 0 Å². The second-order valence-corrected chi connectivity index (χ2v) is 11.0. The maximum Gasteiger partial charge on any atom is 0.322 e. The topological polar surface area (TPSA) is 26.3 Å². The van der Waals surface area contributed by atoms with Gasteiger partial charge in [0.25, 0.3) is 0 Å². The van der Waals surface area contributed by atoms with Crippen molar-refractivity contribution in [3.63, 3.8) is 0 Å². The number of carbonyl (C=O) groups excluding carboxylic acids is 1. The zero-order valence-electron chi connectivity index (χ0n) is 16.7. The van der Waals surface area contributed by atoms with Crippen LogP contribution in [-0.4, -0.2) is 26.6 Å². The SMILES string of the molecule is CCCCCCCCCCCCSC(=S)SC(C)(C)C(=O)OCCC. The van der Waals surface area contributed by atoms with Gasteiger partial charge in [-0.2, -0.15) is 0 Å². The highest BCUT2D eigenvalue weighted by Gasteiger charge is 2.31. The fourth-order valence-corrected chi connectivity index (χ4v) is 5.45. The lowest BCUT2D eigenvalue weighted by atomic mass is 10.1. The smallest absolute Gasteiger partial charge is 0.322 e. The molecular weight excluding hydrogens is 368 g/mol. The van der Waals surface area contributed by atoms with Gasteiger partial charge in [-0.05, 0) is 32.4 Å². The first-order chi connectivity index (χ1) is 11.9. The van der Waals surface area contributed by atoms with Crippen LogP contribution < -0.4 is 0 Å². The fraction of sp³-hybridized carbons (Fsp3) is 0.900. The van der Waals surface area contributed by atoms with E-state index in [0.29, 0.717) is 6.61 Å². The predicted octanol–water partition coefficient (Wildman–Crippen LogP) is 7.39. The van der Waals surface area contributed by atoms with Gasteiger partial charge < -0.3 is 4.74 Å². The normalized spacial score (nSPS) is 11.5. The summed E-state index contributed by atoms with van der Waals surface area (Å²) in [4.78, 5) is 12.0. The third-order valence-electron chi connectivity index (χ3n) is 3.99. The van der Waals surface area contributed by atoms with E-state index < -0.39 is 4.75 Å². The Bertz CT molecular complexity index is 357. The van der Waals surface area contributed by atoms with Crippen molar-refractivity contribution in [2.24, 2.45) is 0 Å². The number of thioether (sulfide) groups is 2. The first kappa shape index (κ1) is 25.3. The van der Waals surface area contributed by atoms with Crippen LogP contribution in [0.5, 0.6) is 0 Å². The van der Waals surface area contributed by atoms with Gasteiger partial charge in [-0.1, -0.05) is 95.6 Å². The number of thiocarbonyl (C=S) groups is 1. The maximum absolute atomic E-state index is 12.0. The number of esters is 1. The zero-order chi connectivity index (χ0) is 19.0. The zero-order valence-corrected chi connectivity index (χ0v) is 19.2. The van der Waals surface area contributed by atoms with Gasteiger partial charge in [0.15, 0.2) is 0 Å². The van der Waals surface area contributed by atoms with E-state index in [1.807, 2.05) is 20.8 Å². The van der Waals surface area contributed by atoms with Crippen molar-refractivity contribution in [3.05, 3.63) is 0 Å². The molecule has 0 atom stereocenters. The fourth-order valence-electron chi connectivity index (χ4n) is 2.39. The standard InChI is InChI=1S/C20H38O2S3/c1-5-7-8-9-10-11-12-13-14-15-17-24-19(23)25-20(3,4)18(21)22-16-6-2/h5-17H2,1-4H3. The number of rotatable bonds is 15. The molecule has 25 heavy (non-hydrogen) atoms. The van der Waals surface area contributed by atoms with Crippen molar-refractivity contribution >= 4 is 45.2 Å². The van der Waals surface area contributed by atoms with Gasteiger partial charge in [-0.3, -0.25) is 4.79 Å². The summed E-state index contributed by atoms with van der Waals surface area (Å²) in [5, 5.41) is 0. The highest BCUT2D eigenvalue weighted by atomic mass is 32.2. The number of ether oxygens (including phenoxy) is 1. The van der Waals surface area contributed by atoms with Crippen LogP contribution in [0.1, 0.15) is 98.3 Å². The van der Waals surface area contributed by atoms with E-state index in [-0.39, 0.29) is 5.97 Å². The van der Waals surface area contributed by atoms with E-state index >= 15 is 0 Å². The van der Waals surface area contributed by atoms with E-state index in [2.05, 4.69) is 6.92 Å². The summed E-state index contributed by atoms with van der Waals surface area (Å²) in [6.07, 6.45) is 14.4. The third-order valence-corrected chi connectivity index (χ3v) is 6.76. The van der Waals surface area contributed by atoms with E-state index in [0.717, 1.165) is 15.7 Å². The minimum absolute atomic E-state index is 0.166. The molecule has 0 radical (unpaired) electrons. The van der Waals surface area contributed by atoms with Crippen LogP contribution in [0.4, 0.5) is 0 Å². The lowest BCUT2D eigenvalue weighted by Gasteiger charge is -2.21. The van der Waals surface area contributed by atoms with Crippen molar-refractivity contribution in [1.29, 1.82) is 0 Å². The molecule has 0 bridgehead atoms. The van der Waals surface area contributed by atoms with Crippen LogP contribution in [0.25, 0.3) is 0 Å². The van der Waals surface area contributed by atoms with Gasteiger partial charge in [0.05, 0.1) is 6.61 Å². The number of unbranched alkanes of at least 4 members (excludes halogenated alkanes) is 9. The van der Waals surface area contributed by atoms with Crippen LogP contribution >= 0.6 is 35.7 Å². The van der Waals surface area contributed by atoms with Gasteiger partial charge >= 0.3 is 5.97 Å². The molecule has 5 heteroatoms. The molecule has 0 saturated carbocycles. The number of hydrogen-bond donors (Lipinski definition) is 0. The first-order valence-corrected chi connectivity index (χ1v) is 12.2. The minimum Gasteiger partial charge on any atom is -0.465 e. The first-order valence-electron chi connectivity index (χ1n) is 9.97. The van der Waals surface area contributed by atoms with Gasteiger partial charge in [-0.25, -0.2) is 0 Å². The molecule has 0 aromatic carbocycles. The summed E-state index contributed by atoms with van der Waals surface area (Å²) in [5.41, 5.74) is 0. The molecule has 0 spiro atoms. The average molecular weight is 407 g/mol. The van der Waals surface area contributed by atoms with Crippen molar-refractivity contribution < 1.29 is 9.53 Å². The molecule has 0 fully saturated rings. The number of carbonyl (C=O) groups is 1. The lowest BCUT2D eigenvalue weighted by Crippen LogP contribution is -2.31. The molecule has 0 rings (SSSR count). The monoisotopic (exact) mass is 406 g/mol. The summed E-state index contributed by atoms with van der Waals surface area (Å²) in [6, 6.07) is 0. The summed E-state index contributed by atoms with van der Waals surface area (Å²) >= 11 is 8.59. The Kier molecular flexibility index (Phi) is 16.6. The van der Waals surface area contributed by atoms with Crippen LogP contribution in [0.15, 0.2) is 0 Å². The molecule has 0 aliphatic heterocycles. The molecule has 0 aliphatic carbocycles. The molecule has 0 heterocycles. The maximum atomic E-state index is 12.0. The summed E-state index contributed by atoms with van der Waals surface area (Å²) in [5.74, 6) is 0.892. The molecule has 148 valence electrons. The van der Waals surface area contributed by atoms with Gasteiger partial charge in [-0.15, -0.1) is 11.8 Å². The second kappa shape index (κ2) is 16.4. The molecule has 0 aromatic rings. The number of hydrogen-bond acceptors (Lipinski definition) is 5. The summed E-state index contributed by atoms with van der Waals surface area (Å²) < 4.78 is 5.51. The molecule has 0 N–H and O–H groups in total. The van der Waals surface area contributed by atoms with Crippen LogP contribution in [0.2, 0.25) is 0 Å². The Hall–Kier alpha value is 0.260. The largest absolute Gasteiger partial charge is 0.465 e. The Morgan fingerprint density at radius 1 is 0.880 bits per heavy atom. The molecule has 0 amide bonds. The second-order valence-electron chi connectivity index (χ2n) is 7.03. The third kappa shape index (κ3) is 15.1. The van der Waals surface area contributed by atoms with Crippen LogP contribution in [0.3, 0.4) is 0 Å². The molecule has 0 aliphatic rings. The van der Waals surface area contributed by atoms with Crippen molar-refractivity contribution in [1.82, 2.24) is 0 Å². The van der Waals surface area contributed by atoms with Gasteiger partial charge in [0.2, 0.25) is 0 Å². The molecule has 2 nitrogen and oxygen atoms in total. The van der Waals surface area contributed by atoms with Crippen molar-refractivity contribution in [3.8, 4) is 0 Å². The quantitative estimate of drug-likeness (QED) is 0.160. The Morgan fingerprint density at radius 2 is 1.40 bits per heavy atom. The van der Waals surface area contributed by atoms with Crippen molar-refractivity contribution in [2.75, 3.05) is 12.4 Å². The Balaban J connectivity index is 3.59. The highest BCUT2D eigenvalue weighted by molar-refractivity contribution is 8.47. The van der Waals surface area contributed by atoms with E-state index in [4.69, 9.17) is 17.0 Å². The lowest BCUT2D eigenvalue weighted by molar-refractivity contribution is -0.145. The van der Waals surface area contributed by atoms with E-state index in [9.17, 15) is 4.79 Å². The van der Waals surface area contributed by atoms with Crippen molar-refractivity contribution in [2.45, 2.75) is 103 Å². The molecule has 0 unspecified atom stereocenters. The highest BCUT2D eigenvalue weighted by Crippen LogP contribution is 2.32. The minimum atomic E-state index is -0.586. The molecular formula is C20H38O2S3. The summed E-state index contributed by atoms with van der Waals surface area (Å²) in [7, 11) is 0. The van der Waals surface area contributed by atoms with Gasteiger partial charge in [0.1, 0.15) is 8.28 Å². The molecule has 0 aromatic heterocycles. The average Bonchev–Trinajstić information content (AvgIpc) is 2.57. The molecule has 0 saturated heterocycles. The summed E-state index contributed by atoms with van der Waals surface area (Å²) in [6.45, 7) is 8.54. The Labute approximate surface area is 170 Å².